The second kappa shape index (κ2) is 11.9. The van der Waals surface area contributed by atoms with Gasteiger partial charge in [-0.05, 0) is 32.0 Å². The van der Waals surface area contributed by atoms with Crippen molar-refractivity contribution in [3.05, 3.63) is 70.8 Å². The van der Waals surface area contributed by atoms with E-state index in [-0.39, 0.29) is 48.9 Å². The van der Waals surface area contributed by atoms with Crippen molar-refractivity contribution in [1.29, 1.82) is 0 Å². The summed E-state index contributed by atoms with van der Waals surface area (Å²) >= 11 is 0. The Morgan fingerprint density at radius 1 is 1.05 bits per heavy atom. The number of amidine groups is 1. The molecular formula is C29H30F6N8O. The summed E-state index contributed by atoms with van der Waals surface area (Å²) in [6, 6.07) is 6.79. The van der Waals surface area contributed by atoms with Gasteiger partial charge in [-0.15, -0.1) is 0 Å². The number of nitrogens with zero attached hydrogens (tertiary/aromatic N) is 8. The van der Waals surface area contributed by atoms with Crippen molar-refractivity contribution in [2.75, 3.05) is 26.7 Å². The SMILES string of the molecule is C=N/C(=N\C1=C(C)N(CC(F)(F)F)CCN1Cc1ccc(-c2nc(C(F)(F)F)cn2C)cc1)c1c(OC)ncnc1C1CC1. The standard InChI is InChI=1S/C29H30F6N8O/c1-17-25(40-24(36-2)22-23(19-9-10-19)37-16-38-27(22)44-4)42(11-12-43(17)15-28(30,31)32)13-18-5-7-20(8-6-18)26-39-21(14-41(26)3)29(33,34)35/h5-8,14,16,19H,2,9-13,15H2,1,3-4H3/b40-24-. The number of methoxy groups -OCH3 is 1. The molecule has 0 radical (unpaired) electrons. The van der Waals surface area contributed by atoms with Crippen LogP contribution in [0.4, 0.5) is 26.3 Å². The minimum Gasteiger partial charge on any atom is -0.480 e. The molecule has 0 atom stereocenters. The molecule has 2 aromatic heterocycles. The lowest BCUT2D eigenvalue weighted by molar-refractivity contribution is -0.143. The normalized spacial score (nSPS) is 16.5. The monoisotopic (exact) mass is 620 g/mol. The fraction of sp³-hybridized carbons (Fsp3) is 0.414. The molecule has 15 heteroatoms. The van der Waals surface area contributed by atoms with Gasteiger partial charge in [0.15, 0.2) is 17.4 Å². The number of ether oxygens (including phenoxy) is 1. The second-order valence-electron chi connectivity index (χ2n) is 10.6. The van der Waals surface area contributed by atoms with Crippen LogP contribution in [0.2, 0.25) is 0 Å². The second-order valence-corrected chi connectivity index (χ2v) is 10.6. The third-order valence-electron chi connectivity index (χ3n) is 7.44. The van der Waals surface area contributed by atoms with Crippen molar-refractivity contribution < 1.29 is 31.1 Å². The van der Waals surface area contributed by atoms with Gasteiger partial charge in [0.05, 0.1) is 18.5 Å². The Bertz CT molecular complexity index is 1590. The number of aromatic nitrogens is 4. The highest BCUT2D eigenvalue weighted by atomic mass is 19.4. The summed E-state index contributed by atoms with van der Waals surface area (Å²) in [5, 5.41) is 0. The van der Waals surface area contributed by atoms with Gasteiger partial charge in [-0.2, -0.15) is 26.3 Å². The number of alkyl halides is 6. The van der Waals surface area contributed by atoms with Crippen LogP contribution in [0.5, 0.6) is 5.88 Å². The molecule has 1 aliphatic carbocycles. The Morgan fingerprint density at radius 2 is 1.73 bits per heavy atom. The topological polar surface area (TPSA) is 84.0 Å². The fourth-order valence-corrected chi connectivity index (χ4v) is 5.14. The van der Waals surface area contributed by atoms with E-state index in [0.717, 1.165) is 24.6 Å². The first-order valence-electron chi connectivity index (χ1n) is 13.7. The van der Waals surface area contributed by atoms with Crippen molar-refractivity contribution in [2.45, 2.75) is 44.6 Å². The van der Waals surface area contributed by atoms with E-state index < -0.39 is 24.6 Å². The van der Waals surface area contributed by atoms with E-state index in [1.165, 1.54) is 30.0 Å². The van der Waals surface area contributed by atoms with E-state index in [4.69, 9.17) is 9.73 Å². The van der Waals surface area contributed by atoms with Gasteiger partial charge < -0.3 is 19.1 Å². The highest BCUT2D eigenvalue weighted by molar-refractivity contribution is 6.04. The number of rotatable bonds is 8. The minimum atomic E-state index is -4.57. The van der Waals surface area contributed by atoms with Crippen LogP contribution in [0.1, 0.15) is 48.2 Å². The van der Waals surface area contributed by atoms with Crippen molar-refractivity contribution >= 4 is 12.6 Å². The molecule has 1 aromatic carbocycles. The lowest BCUT2D eigenvalue weighted by Crippen LogP contribution is -2.44. The number of allylic oxidation sites excluding steroid dienone is 1. The van der Waals surface area contributed by atoms with Crippen LogP contribution in [0.3, 0.4) is 0 Å². The van der Waals surface area contributed by atoms with E-state index >= 15 is 0 Å². The smallest absolute Gasteiger partial charge is 0.434 e. The van der Waals surface area contributed by atoms with Crippen LogP contribution in [-0.2, 0) is 19.8 Å². The van der Waals surface area contributed by atoms with E-state index in [2.05, 4.69) is 26.7 Å². The Balaban J connectivity index is 1.50. The molecule has 1 fully saturated rings. The maximum Gasteiger partial charge on any atom is 0.434 e. The van der Waals surface area contributed by atoms with Crippen LogP contribution >= 0.6 is 0 Å². The van der Waals surface area contributed by atoms with Crippen molar-refractivity contribution in [1.82, 2.24) is 29.3 Å². The highest BCUT2D eigenvalue weighted by Gasteiger charge is 2.36. The van der Waals surface area contributed by atoms with Gasteiger partial charge in [-0.3, -0.25) is 0 Å². The lowest BCUT2D eigenvalue weighted by Gasteiger charge is -2.38. The van der Waals surface area contributed by atoms with Crippen LogP contribution in [0.25, 0.3) is 11.4 Å². The molecule has 44 heavy (non-hydrogen) atoms. The first-order valence-corrected chi connectivity index (χ1v) is 13.7. The van der Waals surface area contributed by atoms with Gasteiger partial charge in [0.25, 0.3) is 0 Å². The van der Waals surface area contributed by atoms with Crippen LogP contribution in [0.15, 0.2) is 58.3 Å². The molecule has 0 amide bonds. The Morgan fingerprint density at radius 3 is 2.30 bits per heavy atom. The lowest BCUT2D eigenvalue weighted by atomic mass is 10.1. The largest absolute Gasteiger partial charge is 0.480 e. The zero-order valence-corrected chi connectivity index (χ0v) is 24.2. The van der Waals surface area contributed by atoms with Gasteiger partial charge >= 0.3 is 12.4 Å². The number of hydrogen-bond donors (Lipinski definition) is 0. The summed E-state index contributed by atoms with van der Waals surface area (Å²) < 4.78 is 86.6. The van der Waals surface area contributed by atoms with E-state index in [9.17, 15) is 26.3 Å². The van der Waals surface area contributed by atoms with E-state index in [1.54, 1.807) is 31.2 Å². The third kappa shape index (κ3) is 6.70. The zero-order valence-electron chi connectivity index (χ0n) is 24.2. The summed E-state index contributed by atoms with van der Waals surface area (Å²) in [4.78, 5) is 24.3. The Labute approximate surface area is 249 Å². The zero-order chi connectivity index (χ0) is 31.8. The molecule has 9 nitrogen and oxygen atoms in total. The summed E-state index contributed by atoms with van der Waals surface area (Å²) in [7, 11) is 2.93. The fourth-order valence-electron chi connectivity index (χ4n) is 5.14. The molecule has 5 rings (SSSR count). The van der Waals surface area contributed by atoms with Crippen molar-refractivity contribution in [3.63, 3.8) is 0 Å². The summed E-state index contributed by atoms with van der Waals surface area (Å²) in [6.07, 6.45) is -4.86. The number of imidazole rings is 1. The molecule has 0 unspecified atom stereocenters. The van der Waals surface area contributed by atoms with Crippen LogP contribution < -0.4 is 4.74 Å². The molecule has 3 aromatic rings. The number of aryl methyl sites for hydroxylation is 1. The maximum absolute atomic E-state index is 13.5. The summed E-state index contributed by atoms with van der Waals surface area (Å²) in [6.45, 7) is 4.66. The number of aliphatic imine (C=N–C) groups is 2. The molecule has 3 heterocycles. The minimum absolute atomic E-state index is 0.0951. The Kier molecular flexibility index (Phi) is 8.40. The molecule has 1 saturated carbocycles. The molecule has 234 valence electrons. The summed E-state index contributed by atoms with van der Waals surface area (Å²) in [5.41, 5.74) is 1.68. The molecule has 1 aliphatic heterocycles. The van der Waals surface area contributed by atoms with Gasteiger partial charge in [0, 0.05) is 44.4 Å². The van der Waals surface area contributed by atoms with Crippen LogP contribution in [-0.4, -0.2) is 74.8 Å². The number of benzene rings is 1. The molecule has 0 N–H and O–H groups in total. The third-order valence-corrected chi connectivity index (χ3v) is 7.44. The van der Waals surface area contributed by atoms with Gasteiger partial charge in [-0.1, -0.05) is 24.3 Å². The van der Waals surface area contributed by atoms with Gasteiger partial charge in [0.1, 0.15) is 24.3 Å². The first-order chi connectivity index (χ1) is 20.8. The number of halogens is 6. The van der Waals surface area contributed by atoms with E-state index in [1.807, 2.05) is 4.90 Å². The number of hydrogen-bond acceptors (Lipinski definition) is 7. The van der Waals surface area contributed by atoms with Gasteiger partial charge in [-0.25, -0.2) is 24.9 Å². The predicted molar refractivity (Wildman–Crippen MR) is 151 cm³/mol. The average molecular weight is 621 g/mol. The van der Waals surface area contributed by atoms with Crippen molar-refractivity contribution in [2.24, 2.45) is 17.0 Å². The average Bonchev–Trinajstić information content (AvgIpc) is 3.74. The van der Waals surface area contributed by atoms with Gasteiger partial charge in [0.2, 0.25) is 5.88 Å². The first kappa shape index (κ1) is 31.0. The molecule has 2 aliphatic rings. The van der Waals surface area contributed by atoms with Crippen molar-refractivity contribution in [3.8, 4) is 17.3 Å². The quantitative estimate of drug-likeness (QED) is 0.180. The molecular weight excluding hydrogens is 590 g/mol. The molecule has 0 saturated heterocycles. The Hall–Kier alpha value is -4.43. The highest BCUT2D eigenvalue weighted by Crippen LogP contribution is 2.42. The van der Waals surface area contributed by atoms with Crippen LogP contribution in [0, 0.1) is 0 Å². The predicted octanol–water partition coefficient (Wildman–Crippen LogP) is 5.80. The molecule has 0 spiro atoms. The summed E-state index contributed by atoms with van der Waals surface area (Å²) in [5.74, 6) is 0.941. The van der Waals surface area contributed by atoms with E-state index in [0.29, 0.717) is 22.5 Å². The molecule has 0 bridgehead atoms. The maximum atomic E-state index is 13.5.